The molecule has 0 nitrogen and oxygen atoms in total. The van der Waals surface area contributed by atoms with Crippen molar-refractivity contribution in [1.82, 2.24) is 0 Å². The molecule has 0 unspecified atom stereocenters. The van der Waals surface area contributed by atoms with E-state index in [1.165, 1.54) is 6.42 Å². The second-order valence-electron chi connectivity index (χ2n) is 3.13. The van der Waals surface area contributed by atoms with E-state index in [2.05, 4.69) is 39.0 Å². The monoisotopic (exact) mass is 122 g/mol. The predicted octanol–water partition coefficient (Wildman–Crippen LogP) is 2.92. The largest absolute Gasteiger partial charge is 0.0748 e. The van der Waals surface area contributed by atoms with Crippen LogP contribution in [0.3, 0.4) is 0 Å². The highest BCUT2D eigenvalue weighted by atomic mass is 14.2. The molecule has 0 saturated heterocycles. The van der Waals surface area contributed by atoms with Crippen LogP contribution in [0.15, 0.2) is 23.8 Å². The summed E-state index contributed by atoms with van der Waals surface area (Å²) in [6.45, 7) is 6.72. The fraction of sp³-hybridized carbons (Fsp3) is 0.556. The van der Waals surface area contributed by atoms with Gasteiger partial charge >= 0.3 is 0 Å². The smallest absolute Gasteiger partial charge is 0.00403 e. The summed E-state index contributed by atoms with van der Waals surface area (Å²) in [4.78, 5) is 0. The van der Waals surface area contributed by atoms with Crippen molar-refractivity contribution in [3.05, 3.63) is 23.8 Å². The van der Waals surface area contributed by atoms with Gasteiger partial charge in [-0.3, -0.25) is 0 Å². The van der Waals surface area contributed by atoms with E-state index in [4.69, 9.17) is 0 Å². The van der Waals surface area contributed by atoms with Crippen LogP contribution in [0.1, 0.15) is 27.2 Å². The van der Waals surface area contributed by atoms with Crippen LogP contribution in [0.5, 0.6) is 0 Å². The summed E-state index contributed by atoms with van der Waals surface area (Å²) in [7, 11) is 0. The van der Waals surface area contributed by atoms with Crippen LogP contribution in [-0.4, -0.2) is 0 Å². The highest BCUT2D eigenvalue weighted by Gasteiger charge is 2.20. The summed E-state index contributed by atoms with van der Waals surface area (Å²) in [6.07, 6.45) is 7.81. The van der Waals surface area contributed by atoms with Gasteiger partial charge in [-0.2, -0.15) is 0 Å². The minimum atomic E-state index is 0.342. The van der Waals surface area contributed by atoms with Crippen LogP contribution in [-0.2, 0) is 0 Å². The normalized spacial score (nSPS) is 22.3. The summed E-state index contributed by atoms with van der Waals surface area (Å²) in [5.41, 5.74) is 1.89. The van der Waals surface area contributed by atoms with Crippen molar-refractivity contribution in [1.29, 1.82) is 0 Å². The summed E-state index contributed by atoms with van der Waals surface area (Å²) in [5, 5.41) is 0. The van der Waals surface area contributed by atoms with E-state index in [9.17, 15) is 0 Å². The van der Waals surface area contributed by atoms with Crippen molar-refractivity contribution in [2.75, 3.05) is 0 Å². The number of hydrogen-bond acceptors (Lipinski definition) is 0. The Kier molecular flexibility index (Phi) is 1.48. The zero-order valence-corrected chi connectivity index (χ0v) is 6.44. The van der Waals surface area contributed by atoms with Gasteiger partial charge in [-0.1, -0.05) is 44.6 Å². The molecule has 0 heterocycles. The van der Waals surface area contributed by atoms with Crippen LogP contribution in [0.2, 0.25) is 0 Å². The van der Waals surface area contributed by atoms with Crippen LogP contribution in [0.4, 0.5) is 0 Å². The number of allylic oxidation sites excluding steroid dienone is 4. The Morgan fingerprint density at radius 2 is 2.11 bits per heavy atom. The highest BCUT2D eigenvalue weighted by molar-refractivity contribution is 5.31. The highest BCUT2D eigenvalue weighted by Crippen LogP contribution is 2.33. The molecule has 0 aromatic heterocycles. The van der Waals surface area contributed by atoms with Crippen LogP contribution < -0.4 is 0 Å². The molecule has 0 fully saturated rings. The van der Waals surface area contributed by atoms with Gasteiger partial charge in [0.2, 0.25) is 0 Å². The fourth-order valence-corrected chi connectivity index (χ4v) is 1.30. The molecule has 9 heavy (non-hydrogen) atoms. The van der Waals surface area contributed by atoms with E-state index in [1.54, 1.807) is 5.57 Å². The van der Waals surface area contributed by atoms with E-state index < -0.39 is 0 Å². The molecular formula is C9H14. The van der Waals surface area contributed by atoms with Crippen molar-refractivity contribution in [2.45, 2.75) is 27.2 Å². The van der Waals surface area contributed by atoms with Gasteiger partial charge < -0.3 is 0 Å². The molecular weight excluding hydrogens is 108 g/mol. The molecule has 0 aliphatic heterocycles. The van der Waals surface area contributed by atoms with Gasteiger partial charge in [0.25, 0.3) is 0 Å². The molecule has 0 atom stereocenters. The van der Waals surface area contributed by atoms with Gasteiger partial charge in [-0.15, -0.1) is 0 Å². The molecule has 0 aromatic carbocycles. The molecule has 0 aromatic rings. The average molecular weight is 122 g/mol. The first-order valence-corrected chi connectivity index (χ1v) is 3.55. The number of rotatable bonds is 1. The molecule has 50 valence electrons. The minimum Gasteiger partial charge on any atom is -0.0748 e. The standard InChI is InChI=1S/C9H14/c1-4-8-6-5-7-9(8,2)3/h5-7H,4H2,1-3H3. The topological polar surface area (TPSA) is 0 Å². The third-order valence-corrected chi connectivity index (χ3v) is 2.02. The van der Waals surface area contributed by atoms with E-state index >= 15 is 0 Å². The number of hydrogen-bond donors (Lipinski definition) is 0. The molecule has 0 spiro atoms. The Labute approximate surface area is 57.3 Å². The lowest BCUT2D eigenvalue weighted by Gasteiger charge is -2.18. The fourth-order valence-electron chi connectivity index (χ4n) is 1.30. The Balaban J connectivity index is 2.78. The van der Waals surface area contributed by atoms with E-state index in [-0.39, 0.29) is 0 Å². The minimum absolute atomic E-state index is 0.342. The van der Waals surface area contributed by atoms with Gasteiger partial charge in [0, 0.05) is 5.41 Å². The van der Waals surface area contributed by atoms with Gasteiger partial charge in [0.05, 0.1) is 0 Å². The van der Waals surface area contributed by atoms with Gasteiger partial charge in [-0.25, -0.2) is 0 Å². The van der Waals surface area contributed by atoms with E-state index in [1.807, 2.05) is 0 Å². The quantitative estimate of drug-likeness (QED) is 0.501. The maximum absolute atomic E-state index is 2.26. The van der Waals surface area contributed by atoms with Gasteiger partial charge in [-0.05, 0) is 6.42 Å². The summed E-state index contributed by atoms with van der Waals surface area (Å²) in [6, 6.07) is 0. The maximum Gasteiger partial charge on any atom is 0.00403 e. The summed E-state index contributed by atoms with van der Waals surface area (Å²) in [5.74, 6) is 0. The zero-order chi connectivity index (χ0) is 6.91. The first kappa shape index (κ1) is 6.60. The van der Waals surface area contributed by atoms with Crippen LogP contribution in [0, 0.1) is 5.41 Å². The zero-order valence-electron chi connectivity index (χ0n) is 6.44. The SMILES string of the molecule is CCC1=CC=CC1(C)C. The lowest BCUT2D eigenvalue weighted by molar-refractivity contribution is 0.570. The van der Waals surface area contributed by atoms with Crippen molar-refractivity contribution in [3.63, 3.8) is 0 Å². The van der Waals surface area contributed by atoms with Crippen molar-refractivity contribution in [3.8, 4) is 0 Å². The predicted molar refractivity (Wildman–Crippen MR) is 41.3 cm³/mol. The van der Waals surface area contributed by atoms with Gasteiger partial charge in [0.15, 0.2) is 0 Å². The summed E-state index contributed by atoms with van der Waals surface area (Å²) >= 11 is 0. The first-order valence-electron chi connectivity index (χ1n) is 3.55. The Morgan fingerprint density at radius 3 is 2.33 bits per heavy atom. The van der Waals surface area contributed by atoms with Crippen molar-refractivity contribution < 1.29 is 0 Å². The second kappa shape index (κ2) is 2.02. The van der Waals surface area contributed by atoms with Crippen LogP contribution >= 0.6 is 0 Å². The molecule has 1 rings (SSSR count). The second-order valence-corrected chi connectivity index (χ2v) is 3.13. The van der Waals surface area contributed by atoms with E-state index in [0.717, 1.165) is 0 Å². The molecule has 1 aliphatic rings. The third kappa shape index (κ3) is 1.07. The Bertz CT molecular complexity index is 159. The molecule has 1 aliphatic carbocycles. The average Bonchev–Trinajstić information content (AvgIpc) is 2.08. The van der Waals surface area contributed by atoms with Gasteiger partial charge in [0.1, 0.15) is 0 Å². The Hall–Kier alpha value is -0.520. The lowest BCUT2D eigenvalue weighted by atomic mass is 9.86. The Morgan fingerprint density at radius 1 is 1.44 bits per heavy atom. The van der Waals surface area contributed by atoms with E-state index in [0.29, 0.717) is 5.41 Å². The molecule has 0 saturated carbocycles. The molecule has 0 amide bonds. The van der Waals surface area contributed by atoms with Crippen molar-refractivity contribution in [2.24, 2.45) is 5.41 Å². The molecule has 0 N–H and O–H groups in total. The lowest BCUT2D eigenvalue weighted by Crippen LogP contribution is -2.06. The van der Waals surface area contributed by atoms with Crippen molar-refractivity contribution >= 4 is 0 Å². The third-order valence-electron chi connectivity index (χ3n) is 2.02. The molecule has 0 radical (unpaired) electrons. The molecule has 0 heteroatoms. The van der Waals surface area contributed by atoms with Crippen LogP contribution in [0.25, 0.3) is 0 Å². The first-order chi connectivity index (χ1) is 4.17. The maximum atomic E-state index is 2.26. The summed E-state index contributed by atoms with van der Waals surface area (Å²) < 4.78 is 0. The molecule has 0 bridgehead atoms.